The summed E-state index contributed by atoms with van der Waals surface area (Å²) in [7, 11) is 0. The molecule has 2 heteroatoms. The van der Waals surface area contributed by atoms with Crippen LogP contribution in [-0.4, -0.2) is 29.7 Å². The minimum Gasteiger partial charge on any atom is -0.396 e. The van der Waals surface area contributed by atoms with Gasteiger partial charge < -0.3 is 5.11 Å². The lowest BCUT2D eigenvalue weighted by Gasteiger charge is -2.40. The van der Waals surface area contributed by atoms with Crippen LogP contribution < -0.4 is 0 Å². The van der Waals surface area contributed by atoms with Gasteiger partial charge in [0.1, 0.15) is 0 Å². The van der Waals surface area contributed by atoms with Crippen molar-refractivity contribution in [3.63, 3.8) is 0 Å². The highest BCUT2D eigenvalue weighted by molar-refractivity contribution is 5.31. The van der Waals surface area contributed by atoms with Gasteiger partial charge in [-0.2, -0.15) is 0 Å². The number of aliphatic hydroxyl groups excluding tert-OH is 1. The molecule has 1 fully saturated rings. The molecule has 1 heterocycles. The largest absolute Gasteiger partial charge is 0.396 e. The Hall–Kier alpha value is -0.860. The SMILES string of the molecule is CC(C)C(c1cccc(C(C)(C)C)c1)N1CCCC(CO)C1. The second-order valence-electron chi connectivity index (χ2n) is 8.25. The van der Waals surface area contributed by atoms with Crippen molar-refractivity contribution in [3.8, 4) is 0 Å². The summed E-state index contributed by atoms with van der Waals surface area (Å²) in [6.07, 6.45) is 2.37. The molecule has 1 aromatic carbocycles. The monoisotopic (exact) mass is 303 g/mol. The molecule has 0 radical (unpaired) electrons. The standard InChI is InChI=1S/C20H33NO/c1-15(2)19(21-11-7-8-16(13-21)14-22)17-9-6-10-18(12-17)20(3,4)5/h6,9-10,12,15-16,19,22H,7-8,11,13-14H2,1-5H3. The van der Waals surface area contributed by atoms with Crippen molar-refractivity contribution in [1.82, 2.24) is 4.90 Å². The lowest BCUT2D eigenvalue weighted by atomic mass is 9.83. The van der Waals surface area contributed by atoms with Gasteiger partial charge >= 0.3 is 0 Å². The molecular weight excluding hydrogens is 270 g/mol. The van der Waals surface area contributed by atoms with E-state index in [0.29, 0.717) is 24.5 Å². The number of aliphatic hydroxyl groups is 1. The van der Waals surface area contributed by atoms with Crippen molar-refractivity contribution in [1.29, 1.82) is 0 Å². The molecule has 22 heavy (non-hydrogen) atoms. The first-order chi connectivity index (χ1) is 10.3. The van der Waals surface area contributed by atoms with Gasteiger partial charge in [-0.3, -0.25) is 4.90 Å². The molecule has 1 saturated heterocycles. The maximum atomic E-state index is 9.52. The summed E-state index contributed by atoms with van der Waals surface area (Å²) in [5, 5.41) is 9.52. The average Bonchev–Trinajstić information content (AvgIpc) is 2.47. The number of hydrogen-bond donors (Lipinski definition) is 1. The van der Waals surface area contributed by atoms with Crippen LogP contribution in [0.3, 0.4) is 0 Å². The minimum atomic E-state index is 0.188. The third-order valence-electron chi connectivity index (χ3n) is 4.93. The maximum absolute atomic E-state index is 9.52. The van der Waals surface area contributed by atoms with E-state index < -0.39 is 0 Å². The highest BCUT2D eigenvalue weighted by atomic mass is 16.3. The first-order valence-electron chi connectivity index (χ1n) is 8.78. The van der Waals surface area contributed by atoms with Gasteiger partial charge in [0.15, 0.2) is 0 Å². The maximum Gasteiger partial charge on any atom is 0.0471 e. The van der Waals surface area contributed by atoms with Gasteiger partial charge in [-0.25, -0.2) is 0 Å². The van der Waals surface area contributed by atoms with Crippen molar-refractivity contribution < 1.29 is 5.11 Å². The van der Waals surface area contributed by atoms with Gasteiger partial charge in [-0.1, -0.05) is 58.9 Å². The Morgan fingerprint density at radius 3 is 2.59 bits per heavy atom. The third kappa shape index (κ3) is 4.11. The van der Waals surface area contributed by atoms with Gasteiger partial charge in [0.25, 0.3) is 0 Å². The normalized spacial score (nSPS) is 22.0. The van der Waals surface area contributed by atoms with Crippen LogP contribution in [0.15, 0.2) is 24.3 Å². The highest BCUT2D eigenvalue weighted by Crippen LogP contribution is 2.34. The predicted octanol–water partition coefficient (Wildman–Crippen LogP) is 4.39. The smallest absolute Gasteiger partial charge is 0.0471 e. The molecule has 0 bridgehead atoms. The Balaban J connectivity index is 2.28. The molecule has 1 aliphatic rings. The fourth-order valence-electron chi connectivity index (χ4n) is 3.71. The van der Waals surface area contributed by atoms with E-state index in [-0.39, 0.29) is 5.41 Å². The zero-order chi connectivity index (χ0) is 16.3. The summed E-state index contributed by atoms with van der Waals surface area (Å²) in [6.45, 7) is 14.0. The van der Waals surface area contributed by atoms with E-state index in [4.69, 9.17) is 0 Å². The lowest BCUT2D eigenvalue weighted by Crippen LogP contribution is -2.41. The lowest BCUT2D eigenvalue weighted by molar-refractivity contribution is 0.0691. The van der Waals surface area contributed by atoms with Crippen molar-refractivity contribution in [2.24, 2.45) is 11.8 Å². The summed E-state index contributed by atoms with van der Waals surface area (Å²) in [4.78, 5) is 2.59. The van der Waals surface area contributed by atoms with Crippen LogP contribution in [-0.2, 0) is 5.41 Å². The van der Waals surface area contributed by atoms with Crippen LogP contribution in [0.5, 0.6) is 0 Å². The number of piperidine rings is 1. The van der Waals surface area contributed by atoms with Crippen LogP contribution >= 0.6 is 0 Å². The molecule has 0 aliphatic carbocycles. The van der Waals surface area contributed by atoms with Gasteiger partial charge in [0.2, 0.25) is 0 Å². The summed E-state index contributed by atoms with van der Waals surface area (Å²) < 4.78 is 0. The average molecular weight is 303 g/mol. The van der Waals surface area contributed by atoms with Crippen molar-refractivity contribution >= 4 is 0 Å². The molecule has 124 valence electrons. The Morgan fingerprint density at radius 2 is 2.00 bits per heavy atom. The number of likely N-dealkylation sites (tertiary alicyclic amines) is 1. The van der Waals surface area contributed by atoms with Crippen LogP contribution in [0.4, 0.5) is 0 Å². The second kappa shape index (κ2) is 7.14. The van der Waals surface area contributed by atoms with Crippen LogP contribution in [0, 0.1) is 11.8 Å². The molecule has 1 aromatic rings. The van der Waals surface area contributed by atoms with E-state index in [0.717, 1.165) is 13.1 Å². The quantitative estimate of drug-likeness (QED) is 0.892. The van der Waals surface area contributed by atoms with E-state index in [1.807, 2.05) is 0 Å². The number of hydrogen-bond acceptors (Lipinski definition) is 2. The van der Waals surface area contributed by atoms with Crippen LogP contribution in [0.1, 0.15) is 64.6 Å². The summed E-state index contributed by atoms with van der Waals surface area (Å²) >= 11 is 0. The molecule has 0 aromatic heterocycles. The van der Waals surface area contributed by atoms with Crippen LogP contribution in [0.2, 0.25) is 0 Å². The van der Waals surface area contributed by atoms with Gasteiger partial charge in [-0.05, 0) is 47.8 Å². The summed E-state index contributed by atoms with van der Waals surface area (Å²) in [5.74, 6) is 1.02. The molecule has 0 saturated carbocycles. The number of benzene rings is 1. The zero-order valence-corrected chi connectivity index (χ0v) is 15.0. The van der Waals surface area contributed by atoms with Gasteiger partial charge in [0.05, 0.1) is 0 Å². The number of rotatable bonds is 4. The van der Waals surface area contributed by atoms with E-state index in [1.54, 1.807) is 0 Å². The third-order valence-corrected chi connectivity index (χ3v) is 4.93. The fraction of sp³-hybridized carbons (Fsp3) is 0.700. The zero-order valence-electron chi connectivity index (χ0n) is 15.0. The molecule has 2 rings (SSSR count). The fourth-order valence-corrected chi connectivity index (χ4v) is 3.71. The van der Waals surface area contributed by atoms with Crippen LogP contribution in [0.25, 0.3) is 0 Å². The first kappa shape index (κ1) is 17.5. The molecular formula is C20H33NO. The summed E-state index contributed by atoms with van der Waals surface area (Å²) in [5.41, 5.74) is 3.03. The van der Waals surface area contributed by atoms with E-state index >= 15 is 0 Å². The Morgan fingerprint density at radius 1 is 1.27 bits per heavy atom. The second-order valence-corrected chi connectivity index (χ2v) is 8.25. The van der Waals surface area contributed by atoms with Crippen molar-refractivity contribution in [3.05, 3.63) is 35.4 Å². The predicted molar refractivity (Wildman–Crippen MR) is 94.1 cm³/mol. The van der Waals surface area contributed by atoms with Gasteiger partial charge in [0, 0.05) is 19.2 Å². The van der Waals surface area contributed by atoms with E-state index in [2.05, 4.69) is 63.8 Å². The van der Waals surface area contributed by atoms with E-state index in [1.165, 1.54) is 24.0 Å². The Bertz CT molecular complexity index is 475. The van der Waals surface area contributed by atoms with Crippen molar-refractivity contribution in [2.75, 3.05) is 19.7 Å². The van der Waals surface area contributed by atoms with Crippen molar-refractivity contribution in [2.45, 2.75) is 58.9 Å². The molecule has 2 unspecified atom stereocenters. The highest BCUT2D eigenvalue weighted by Gasteiger charge is 2.29. The first-order valence-corrected chi connectivity index (χ1v) is 8.78. The van der Waals surface area contributed by atoms with E-state index in [9.17, 15) is 5.11 Å². The number of nitrogens with zero attached hydrogens (tertiary/aromatic N) is 1. The Kier molecular flexibility index (Phi) is 5.68. The molecule has 1 N–H and O–H groups in total. The summed E-state index contributed by atoms with van der Waals surface area (Å²) in [6, 6.07) is 9.58. The van der Waals surface area contributed by atoms with Gasteiger partial charge in [-0.15, -0.1) is 0 Å². The topological polar surface area (TPSA) is 23.5 Å². The molecule has 1 aliphatic heterocycles. The molecule has 2 atom stereocenters. The Labute approximate surface area is 136 Å². The minimum absolute atomic E-state index is 0.188. The molecule has 2 nitrogen and oxygen atoms in total. The molecule has 0 amide bonds. The molecule has 0 spiro atoms.